The molecule has 2 unspecified atom stereocenters. The second kappa shape index (κ2) is 20.2. The van der Waals surface area contributed by atoms with Crippen LogP contribution in [0, 0.1) is 0 Å². The van der Waals surface area contributed by atoms with Crippen LogP contribution in [0.1, 0.15) is 25.7 Å². The van der Waals surface area contributed by atoms with Gasteiger partial charge in [-0.05, 0) is 25.7 Å². The molecular formula is C22H40N10O10. The maximum Gasteiger partial charge on any atom is 0.326 e. The van der Waals surface area contributed by atoms with Crippen LogP contribution < -0.4 is 33.6 Å². The summed E-state index contributed by atoms with van der Waals surface area (Å²) in [5.41, 5.74) is 20.8. The van der Waals surface area contributed by atoms with Crippen molar-refractivity contribution in [3.63, 3.8) is 0 Å². The lowest BCUT2D eigenvalue weighted by atomic mass is 10.1. The van der Waals surface area contributed by atoms with Gasteiger partial charge in [0.2, 0.25) is 11.8 Å². The maximum absolute atomic E-state index is 12.5. The number of guanidine groups is 2. The van der Waals surface area contributed by atoms with Crippen molar-refractivity contribution in [3.8, 4) is 0 Å². The Balaban J connectivity index is 5.23. The number of carboxylic acids is 4. The van der Waals surface area contributed by atoms with Gasteiger partial charge in [-0.1, -0.05) is 0 Å². The summed E-state index contributed by atoms with van der Waals surface area (Å²) >= 11 is 0. The van der Waals surface area contributed by atoms with Crippen molar-refractivity contribution in [1.29, 1.82) is 0 Å². The van der Waals surface area contributed by atoms with Crippen molar-refractivity contribution in [2.75, 3.05) is 52.4 Å². The van der Waals surface area contributed by atoms with E-state index in [0.29, 0.717) is 0 Å². The van der Waals surface area contributed by atoms with Crippen molar-refractivity contribution < 1.29 is 49.2 Å². The Morgan fingerprint density at radius 3 is 1.19 bits per heavy atom. The largest absolute Gasteiger partial charge is 0.480 e. The molecule has 0 aliphatic heterocycles. The van der Waals surface area contributed by atoms with Gasteiger partial charge < -0.3 is 54.0 Å². The Kier molecular flexibility index (Phi) is 17.9. The maximum atomic E-state index is 12.5. The highest BCUT2D eigenvalue weighted by Gasteiger charge is 2.24. The van der Waals surface area contributed by atoms with Crippen molar-refractivity contribution in [1.82, 2.24) is 20.4 Å². The zero-order valence-electron chi connectivity index (χ0n) is 23.0. The van der Waals surface area contributed by atoms with Gasteiger partial charge in [0.25, 0.3) is 0 Å². The van der Waals surface area contributed by atoms with Gasteiger partial charge in [0.1, 0.15) is 12.1 Å². The van der Waals surface area contributed by atoms with Crippen LogP contribution in [0.3, 0.4) is 0 Å². The molecule has 20 nitrogen and oxygen atoms in total. The molecule has 0 saturated heterocycles. The number of carbonyl (C=O) groups excluding carboxylic acids is 2. The Morgan fingerprint density at radius 2 is 0.929 bits per heavy atom. The van der Waals surface area contributed by atoms with Gasteiger partial charge in [0, 0.05) is 26.2 Å². The molecule has 2 atom stereocenters. The fourth-order valence-electron chi connectivity index (χ4n) is 3.50. The van der Waals surface area contributed by atoms with E-state index in [1.807, 2.05) is 0 Å². The number of aliphatic imine (C=N–C) groups is 2. The van der Waals surface area contributed by atoms with E-state index in [4.69, 9.17) is 22.9 Å². The summed E-state index contributed by atoms with van der Waals surface area (Å²) in [6.45, 7) is -2.55. The summed E-state index contributed by atoms with van der Waals surface area (Å²) in [6, 6.07) is -2.60. The van der Waals surface area contributed by atoms with Crippen molar-refractivity contribution >= 4 is 47.6 Å². The summed E-state index contributed by atoms with van der Waals surface area (Å²) in [6.07, 6.45) is 0.451. The average Bonchev–Trinajstić information content (AvgIpc) is 2.84. The normalized spacial score (nSPS) is 12.1. The number of rotatable bonds is 23. The molecule has 0 radical (unpaired) electrons. The fourth-order valence-corrected chi connectivity index (χ4v) is 3.50. The molecule has 0 spiro atoms. The molecule has 0 bridgehead atoms. The second-order valence-corrected chi connectivity index (χ2v) is 9.02. The van der Waals surface area contributed by atoms with Gasteiger partial charge in [-0.15, -0.1) is 0 Å². The summed E-state index contributed by atoms with van der Waals surface area (Å²) in [5, 5.41) is 41.8. The minimum absolute atomic E-state index is 0.0100. The topological polar surface area (TPSA) is 343 Å². The lowest BCUT2D eigenvalue weighted by Gasteiger charge is -2.26. The number of amides is 2. The molecule has 20 heteroatoms. The van der Waals surface area contributed by atoms with Crippen LogP contribution in [-0.2, 0) is 28.8 Å². The monoisotopic (exact) mass is 604 g/mol. The van der Waals surface area contributed by atoms with Crippen LogP contribution in [0.15, 0.2) is 9.98 Å². The van der Waals surface area contributed by atoms with Crippen LogP contribution in [0.5, 0.6) is 0 Å². The predicted molar refractivity (Wildman–Crippen MR) is 147 cm³/mol. The summed E-state index contributed by atoms with van der Waals surface area (Å²) in [5.74, 6) is -7.25. The predicted octanol–water partition coefficient (Wildman–Crippen LogP) is -4.99. The van der Waals surface area contributed by atoms with Crippen LogP contribution in [0.25, 0.3) is 0 Å². The van der Waals surface area contributed by atoms with Gasteiger partial charge in [0.15, 0.2) is 11.9 Å². The number of carbonyl (C=O) groups is 6. The van der Waals surface area contributed by atoms with Gasteiger partial charge in [-0.25, -0.2) is 9.59 Å². The van der Waals surface area contributed by atoms with Gasteiger partial charge in [0.05, 0.1) is 26.2 Å². The van der Waals surface area contributed by atoms with Crippen LogP contribution in [-0.4, -0.2) is 142 Å². The molecule has 2 amide bonds. The molecule has 0 aliphatic rings. The average molecular weight is 605 g/mol. The lowest BCUT2D eigenvalue weighted by molar-refractivity contribution is -0.143. The Morgan fingerprint density at radius 1 is 0.595 bits per heavy atom. The third-order valence-electron chi connectivity index (χ3n) is 5.34. The zero-order chi connectivity index (χ0) is 32.2. The molecule has 0 aromatic heterocycles. The molecule has 0 aromatic carbocycles. The first-order valence-electron chi connectivity index (χ1n) is 12.6. The van der Waals surface area contributed by atoms with Gasteiger partial charge in [-0.3, -0.25) is 39.0 Å². The van der Waals surface area contributed by atoms with Gasteiger partial charge >= 0.3 is 23.9 Å². The number of aliphatic carboxylic acids is 4. The molecule has 238 valence electrons. The summed E-state index contributed by atoms with van der Waals surface area (Å²) < 4.78 is 0. The number of nitrogens with one attached hydrogen (secondary N) is 2. The van der Waals surface area contributed by atoms with E-state index in [0.717, 1.165) is 9.80 Å². The zero-order valence-corrected chi connectivity index (χ0v) is 23.0. The lowest BCUT2D eigenvalue weighted by Crippen LogP contribution is -2.50. The Labute approximate surface area is 240 Å². The Hall–Kier alpha value is -4.72. The molecule has 0 fully saturated rings. The van der Waals surface area contributed by atoms with Crippen LogP contribution in [0.2, 0.25) is 0 Å². The third-order valence-corrected chi connectivity index (χ3v) is 5.34. The smallest absolute Gasteiger partial charge is 0.326 e. The van der Waals surface area contributed by atoms with Gasteiger partial charge in [-0.2, -0.15) is 0 Å². The minimum atomic E-state index is -1.33. The van der Waals surface area contributed by atoms with E-state index in [2.05, 4.69) is 20.6 Å². The quantitative estimate of drug-likeness (QED) is 0.0296. The molecule has 14 N–H and O–H groups in total. The van der Waals surface area contributed by atoms with E-state index in [1.165, 1.54) is 0 Å². The van der Waals surface area contributed by atoms with E-state index >= 15 is 0 Å². The van der Waals surface area contributed by atoms with E-state index in [1.54, 1.807) is 0 Å². The Bertz CT molecular complexity index is 920. The highest BCUT2D eigenvalue weighted by Crippen LogP contribution is 2.02. The first kappa shape index (κ1) is 37.3. The molecule has 0 aliphatic carbocycles. The first-order valence-corrected chi connectivity index (χ1v) is 12.6. The van der Waals surface area contributed by atoms with Crippen LogP contribution in [0.4, 0.5) is 0 Å². The third kappa shape index (κ3) is 19.4. The minimum Gasteiger partial charge on any atom is -0.480 e. The SMILES string of the molecule is NC(N)=NCCCC(NC(=O)CN(CCN(CC(=O)O)CC(=O)NC(CCCN=C(N)N)C(=O)O)CC(=O)O)C(=O)O. The van der Waals surface area contributed by atoms with E-state index in [9.17, 15) is 49.2 Å². The number of nitrogens with zero attached hydrogens (tertiary/aromatic N) is 4. The highest BCUT2D eigenvalue weighted by atomic mass is 16.4. The molecule has 0 saturated carbocycles. The number of hydrogen-bond donors (Lipinski definition) is 10. The van der Waals surface area contributed by atoms with Crippen LogP contribution >= 0.6 is 0 Å². The standard InChI is InChI=1S/C22H40N10O10/c23-21(24)27-5-1-3-13(19(39)40)29-15(33)9-31(11-17(35)36)7-8-32(12-18(37)38)10-16(34)30-14(20(41)42)4-2-6-28-22(25)26/h13-14H,1-12H2,(H,29,33)(H,30,34)(H,35,36)(H,37,38)(H,39,40)(H,41,42)(H4,23,24,27)(H4,25,26,28). The molecule has 0 heterocycles. The van der Waals surface area contributed by atoms with Crippen molar-refractivity contribution in [2.24, 2.45) is 32.9 Å². The first-order chi connectivity index (χ1) is 19.6. The molecule has 0 rings (SSSR count). The molecule has 42 heavy (non-hydrogen) atoms. The van der Waals surface area contributed by atoms with E-state index in [-0.39, 0.29) is 63.8 Å². The number of nitrogens with two attached hydrogens (primary N) is 4. The number of hydrogen-bond acceptors (Lipinski definition) is 10. The highest BCUT2D eigenvalue weighted by molar-refractivity contribution is 5.86. The molecule has 0 aromatic rings. The summed E-state index contributed by atoms with van der Waals surface area (Å²) in [4.78, 5) is 80.3. The van der Waals surface area contributed by atoms with E-state index < -0.39 is 74.0 Å². The van der Waals surface area contributed by atoms with Crippen molar-refractivity contribution in [3.05, 3.63) is 0 Å². The summed E-state index contributed by atoms with van der Waals surface area (Å²) in [7, 11) is 0. The number of carboxylic acid groups (broad SMARTS) is 4. The molecular weight excluding hydrogens is 564 g/mol. The second-order valence-electron chi connectivity index (χ2n) is 9.02. The fraction of sp³-hybridized carbons (Fsp3) is 0.636. The van der Waals surface area contributed by atoms with Crippen molar-refractivity contribution in [2.45, 2.75) is 37.8 Å².